The third kappa shape index (κ3) is 3.02. The first-order valence-corrected chi connectivity index (χ1v) is 6.18. The predicted octanol–water partition coefficient (Wildman–Crippen LogP) is 4.26. The van der Waals surface area contributed by atoms with Crippen molar-refractivity contribution in [2.45, 2.75) is 25.1 Å². The normalized spacial score (nSPS) is 15.3. The molecular formula is C12H14Cl2O. The molecular weight excluding hydrogens is 231 g/mol. The Morgan fingerprint density at radius 1 is 1.33 bits per heavy atom. The summed E-state index contributed by atoms with van der Waals surface area (Å²) in [7, 11) is 0. The maximum atomic E-state index is 6.06. The van der Waals surface area contributed by atoms with E-state index in [0.29, 0.717) is 10.9 Å². The van der Waals surface area contributed by atoms with Gasteiger partial charge in [0.1, 0.15) is 5.75 Å². The molecule has 82 valence electrons. The van der Waals surface area contributed by atoms with Crippen molar-refractivity contribution in [2.75, 3.05) is 6.61 Å². The van der Waals surface area contributed by atoms with Gasteiger partial charge in [-0.15, -0.1) is 11.6 Å². The first-order chi connectivity index (χ1) is 7.31. The second-order valence-electron chi connectivity index (χ2n) is 3.94. The van der Waals surface area contributed by atoms with E-state index >= 15 is 0 Å². The van der Waals surface area contributed by atoms with Crippen LogP contribution in [0.1, 0.15) is 24.8 Å². The first kappa shape index (κ1) is 11.1. The number of benzene rings is 1. The number of hydrogen-bond acceptors (Lipinski definition) is 1. The fourth-order valence-corrected chi connectivity index (χ4v) is 2.01. The van der Waals surface area contributed by atoms with Crippen molar-refractivity contribution in [2.24, 2.45) is 5.92 Å². The van der Waals surface area contributed by atoms with Crippen LogP contribution in [0, 0.1) is 5.92 Å². The van der Waals surface area contributed by atoms with Crippen molar-refractivity contribution >= 4 is 23.2 Å². The van der Waals surface area contributed by atoms with Crippen molar-refractivity contribution < 1.29 is 4.74 Å². The Labute approximate surface area is 100 Å². The molecule has 3 heteroatoms. The molecule has 1 aromatic rings. The van der Waals surface area contributed by atoms with E-state index in [4.69, 9.17) is 27.9 Å². The minimum Gasteiger partial charge on any atom is -0.492 e. The molecule has 0 heterocycles. The SMILES string of the molecule is ClCc1cccc(Cl)c1OCCC1CC1. The molecule has 0 bridgehead atoms. The number of para-hydroxylation sites is 1. The maximum Gasteiger partial charge on any atom is 0.142 e. The Kier molecular flexibility index (Phi) is 3.76. The molecule has 0 amide bonds. The second kappa shape index (κ2) is 5.09. The zero-order chi connectivity index (χ0) is 10.7. The largest absolute Gasteiger partial charge is 0.492 e. The lowest BCUT2D eigenvalue weighted by atomic mass is 10.2. The van der Waals surface area contributed by atoms with Gasteiger partial charge in [0.2, 0.25) is 0 Å². The average molecular weight is 245 g/mol. The van der Waals surface area contributed by atoms with Gasteiger partial charge in [0.15, 0.2) is 0 Å². The summed E-state index contributed by atoms with van der Waals surface area (Å²) < 4.78 is 5.69. The minimum atomic E-state index is 0.444. The van der Waals surface area contributed by atoms with Crippen LogP contribution in [-0.4, -0.2) is 6.61 Å². The van der Waals surface area contributed by atoms with Crippen LogP contribution in [0.25, 0.3) is 0 Å². The molecule has 15 heavy (non-hydrogen) atoms. The van der Waals surface area contributed by atoms with Gasteiger partial charge in [0, 0.05) is 5.56 Å². The highest BCUT2D eigenvalue weighted by molar-refractivity contribution is 6.32. The van der Waals surface area contributed by atoms with Crippen LogP contribution in [0.2, 0.25) is 5.02 Å². The highest BCUT2D eigenvalue weighted by atomic mass is 35.5. The molecule has 1 aliphatic rings. The fraction of sp³-hybridized carbons (Fsp3) is 0.500. The average Bonchev–Trinajstić information content (AvgIpc) is 3.04. The molecule has 1 fully saturated rings. The van der Waals surface area contributed by atoms with Crippen molar-refractivity contribution in [1.82, 2.24) is 0 Å². The Morgan fingerprint density at radius 3 is 2.80 bits per heavy atom. The first-order valence-electron chi connectivity index (χ1n) is 5.27. The number of halogens is 2. The molecule has 0 radical (unpaired) electrons. The molecule has 1 nitrogen and oxygen atoms in total. The van der Waals surface area contributed by atoms with E-state index in [1.165, 1.54) is 12.8 Å². The highest BCUT2D eigenvalue weighted by Crippen LogP contribution is 2.34. The van der Waals surface area contributed by atoms with E-state index in [0.717, 1.165) is 30.3 Å². The molecule has 1 saturated carbocycles. The van der Waals surface area contributed by atoms with Crippen LogP contribution in [-0.2, 0) is 5.88 Å². The summed E-state index contributed by atoms with van der Waals surface area (Å²) >= 11 is 11.9. The molecule has 2 rings (SSSR count). The summed E-state index contributed by atoms with van der Waals surface area (Å²) in [6, 6.07) is 5.68. The predicted molar refractivity (Wildman–Crippen MR) is 63.8 cm³/mol. The molecule has 0 aromatic heterocycles. The van der Waals surface area contributed by atoms with E-state index in [-0.39, 0.29) is 0 Å². The second-order valence-corrected chi connectivity index (χ2v) is 4.62. The van der Waals surface area contributed by atoms with E-state index < -0.39 is 0 Å². The van der Waals surface area contributed by atoms with E-state index in [2.05, 4.69) is 0 Å². The molecule has 0 aliphatic heterocycles. The summed E-state index contributed by atoms with van der Waals surface area (Å²) in [5.41, 5.74) is 0.972. The zero-order valence-electron chi connectivity index (χ0n) is 8.51. The van der Waals surface area contributed by atoms with Crippen molar-refractivity contribution in [1.29, 1.82) is 0 Å². The van der Waals surface area contributed by atoms with E-state index in [1.807, 2.05) is 18.2 Å². The van der Waals surface area contributed by atoms with Crippen molar-refractivity contribution in [3.8, 4) is 5.75 Å². The highest BCUT2D eigenvalue weighted by Gasteiger charge is 2.21. The Morgan fingerprint density at radius 2 is 2.13 bits per heavy atom. The van der Waals surface area contributed by atoms with Gasteiger partial charge in [-0.1, -0.05) is 36.6 Å². The molecule has 0 N–H and O–H groups in total. The summed E-state index contributed by atoms with van der Waals surface area (Å²) in [5, 5.41) is 0.656. The third-order valence-corrected chi connectivity index (χ3v) is 3.25. The van der Waals surface area contributed by atoms with Gasteiger partial charge >= 0.3 is 0 Å². The lowest BCUT2D eigenvalue weighted by molar-refractivity contribution is 0.300. The van der Waals surface area contributed by atoms with E-state index in [9.17, 15) is 0 Å². The lowest BCUT2D eigenvalue weighted by Crippen LogP contribution is -2.01. The van der Waals surface area contributed by atoms with Gasteiger partial charge in [0.25, 0.3) is 0 Å². The van der Waals surface area contributed by atoms with E-state index in [1.54, 1.807) is 0 Å². The van der Waals surface area contributed by atoms with Crippen LogP contribution in [0.5, 0.6) is 5.75 Å². The lowest BCUT2D eigenvalue weighted by Gasteiger charge is -2.11. The number of rotatable bonds is 5. The van der Waals surface area contributed by atoms with Gasteiger partial charge in [-0.3, -0.25) is 0 Å². The summed E-state index contributed by atoms with van der Waals surface area (Å²) in [4.78, 5) is 0. The van der Waals surface area contributed by atoms with Crippen molar-refractivity contribution in [3.63, 3.8) is 0 Å². The standard InChI is InChI=1S/C12H14Cl2O/c13-8-10-2-1-3-11(14)12(10)15-7-6-9-4-5-9/h1-3,9H,4-8H2. The Balaban J connectivity index is 1.97. The van der Waals surface area contributed by atoms with Crippen LogP contribution >= 0.6 is 23.2 Å². The fourth-order valence-electron chi connectivity index (χ4n) is 1.55. The quantitative estimate of drug-likeness (QED) is 0.704. The van der Waals surface area contributed by atoms with Crippen LogP contribution in [0.4, 0.5) is 0 Å². The van der Waals surface area contributed by atoms with Crippen LogP contribution < -0.4 is 4.74 Å². The van der Waals surface area contributed by atoms with Gasteiger partial charge < -0.3 is 4.74 Å². The smallest absolute Gasteiger partial charge is 0.142 e. The molecule has 0 unspecified atom stereocenters. The summed E-state index contributed by atoms with van der Waals surface area (Å²) in [5.74, 6) is 2.08. The number of alkyl halides is 1. The Bertz CT molecular complexity index is 334. The molecule has 0 atom stereocenters. The summed E-state index contributed by atoms with van der Waals surface area (Å²) in [6.07, 6.45) is 3.84. The molecule has 0 spiro atoms. The molecule has 1 aliphatic carbocycles. The van der Waals surface area contributed by atoms with Gasteiger partial charge in [-0.2, -0.15) is 0 Å². The number of ether oxygens (including phenoxy) is 1. The van der Waals surface area contributed by atoms with Crippen LogP contribution in [0.15, 0.2) is 18.2 Å². The zero-order valence-corrected chi connectivity index (χ0v) is 10.0. The van der Waals surface area contributed by atoms with Crippen molar-refractivity contribution in [3.05, 3.63) is 28.8 Å². The van der Waals surface area contributed by atoms with Gasteiger partial charge in [-0.25, -0.2) is 0 Å². The molecule has 0 saturated heterocycles. The van der Waals surface area contributed by atoms with Gasteiger partial charge in [-0.05, 0) is 18.4 Å². The minimum absolute atomic E-state index is 0.444. The van der Waals surface area contributed by atoms with Gasteiger partial charge in [0.05, 0.1) is 17.5 Å². The van der Waals surface area contributed by atoms with Crippen LogP contribution in [0.3, 0.4) is 0 Å². The number of hydrogen-bond donors (Lipinski definition) is 0. The topological polar surface area (TPSA) is 9.23 Å². The third-order valence-electron chi connectivity index (χ3n) is 2.66. The Hall–Kier alpha value is -0.400. The summed E-state index contributed by atoms with van der Waals surface area (Å²) in [6.45, 7) is 0.748. The molecule has 1 aromatic carbocycles. The monoisotopic (exact) mass is 244 g/mol. The maximum absolute atomic E-state index is 6.06.